The number of nitrogens with zero attached hydrogens (tertiary/aromatic N) is 3. The summed E-state index contributed by atoms with van der Waals surface area (Å²) in [6, 6.07) is 0. The molecule has 0 aliphatic carbocycles. The molecule has 0 N–H and O–H groups in total. The fraction of sp³-hybridized carbons (Fsp3) is 0.846. The molecule has 0 amide bonds. The quantitative estimate of drug-likeness (QED) is 0.456. The third-order valence-corrected chi connectivity index (χ3v) is 6.25. The summed E-state index contributed by atoms with van der Waals surface area (Å²) in [5.74, 6) is 3.36. The first-order valence-corrected chi connectivity index (χ1v) is 9.37. The van der Waals surface area contributed by atoms with E-state index in [0.717, 1.165) is 24.0 Å². The van der Waals surface area contributed by atoms with Crippen molar-refractivity contribution in [1.82, 2.24) is 13.6 Å². The Labute approximate surface area is 128 Å². The Morgan fingerprint density at radius 1 is 1.26 bits per heavy atom. The van der Waals surface area contributed by atoms with E-state index in [0.29, 0.717) is 5.92 Å². The number of fused-ring (bicyclic) bond motifs is 3. The molecule has 106 valence electrons. The summed E-state index contributed by atoms with van der Waals surface area (Å²) in [5.41, 5.74) is 1.29. The maximum absolute atomic E-state index is 5.72. The van der Waals surface area contributed by atoms with E-state index >= 15 is 0 Å². The van der Waals surface area contributed by atoms with Crippen molar-refractivity contribution in [2.75, 3.05) is 31.3 Å². The van der Waals surface area contributed by atoms with E-state index < -0.39 is 0 Å². The predicted octanol–water partition coefficient (Wildman–Crippen LogP) is 3.46. The summed E-state index contributed by atoms with van der Waals surface area (Å²) < 4.78 is 9.13. The van der Waals surface area contributed by atoms with Crippen LogP contribution in [0.25, 0.3) is 0 Å². The molecule has 4 heterocycles. The van der Waals surface area contributed by atoms with Crippen molar-refractivity contribution in [3.8, 4) is 0 Å². The van der Waals surface area contributed by atoms with E-state index in [9.17, 15) is 0 Å². The van der Waals surface area contributed by atoms with Crippen LogP contribution in [0.1, 0.15) is 37.3 Å². The van der Waals surface area contributed by atoms with Gasteiger partial charge >= 0.3 is 0 Å². The van der Waals surface area contributed by atoms with Crippen molar-refractivity contribution < 1.29 is 0 Å². The first kappa shape index (κ1) is 14.1. The average molecular weight is 318 g/mol. The Kier molecular flexibility index (Phi) is 5.01. The summed E-state index contributed by atoms with van der Waals surface area (Å²) in [6.07, 6.45) is 4.96. The van der Waals surface area contributed by atoms with Crippen LogP contribution < -0.4 is 0 Å². The molecule has 3 fully saturated rings. The summed E-state index contributed by atoms with van der Waals surface area (Å²) >= 11 is 8.98. The average Bonchev–Trinajstić information content (AvgIpc) is 2.93. The molecule has 0 aromatic carbocycles. The number of halogens is 1. The highest BCUT2D eigenvalue weighted by atomic mass is 35.5. The molecule has 1 aromatic heterocycles. The molecule has 1 aromatic rings. The minimum Gasteiger partial charge on any atom is -0.303 e. The normalized spacial score (nSPS) is 29.8. The lowest BCUT2D eigenvalue weighted by molar-refractivity contribution is 0.0846. The first-order chi connectivity index (χ1) is 9.38. The zero-order valence-electron chi connectivity index (χ0n) is 11.1. The topological polar surface area (TPSA) is 29.0 Å². The molecule has 0 saturated carbocycles. The van der Waals surface area contributed by atoms with Crippen LogP contribution in [-0.4, -0.2) is 44.9 Å². The second-order valence-corrected chi connectivity index (χ2v) is 7.43. The van der Waals surface area contributed by atoms with Gasteiger partial charge in [-0.25, -0.2) is 0 Å². The molecular formula is C13H20ClN3S2. The standard InChI is InChI=1S/C13H20ClN3S2/c14-5-1-2-8-18-13-12(15-19-16-13)11-9-17-6-3-10(11)4-7-17/h10-11H,1-9H2. The van der Waals surface area contributed by atoms with Crippen LogP contribution >= 0.6 is 35.1 Å². The first-order valence-electron chi connectivity index (χ1n) is 7.12. The molecular weight excluding hydrogens is 298 g/mol. The lowest BCUT2D eigenvalue weighted by atomic mass is 9.78. The van der Waals surface area contributed by atoms with Crippen LogP contribution in [-0.2, 0) is 0 Å². The molecule has 3 saturated heterocycles. The molecule has 4 rings (SSSR count). The zero-order chi connectivity index (χ0) is 13.1. The van der Waals surface area contributed by atoms with Gasteiger partial charge in [-0.3, -0.25) is 0 Å². The van der Waals surface area contributed by atoms with E-state index in [4.69, 9.17) is 11.6 Å². The van der Waals surface area contributed by atoms with Gasteiger partial charge in [-0.1, -0.05) is 0 Å². The number of thioether (sulfide) groups is 1. The molecule has 2 bridgehead atoms. The van der Waals surface area contributed by atoms with Crippen LogP contribution in [0.2, 0.25) is 0 Å². The largest absolute Gasteiger partial charge is 0.303 e. The van der Waals surface area contributed by atoms with Gasteiger partial charge in [0.1, 0.15) is 5.03 Å². The van der Waals surface area contributed by atoms with E-state index in [1.807, 2.05) is 11.8 Å². The molecule has 1 unspecified atom stereocenters. The number of rotatable bonds is 6. The third kappa shape index (κ3) is 3.26. The van der Waals surface area contributed by atoms with E-state index in [-0.39, 0.29) is 0 Å². The zero-order valence-corrected chi connectivity index (χ0v) is 13.4. The van der Waals surface area contributed by atoms with Gasteiger partial charge in [0.15, 0.2) is 0 Å². The molecule has 1 atom stereocenters. The highest BCUT2D eigenvalue weighted by Gasteiger charge is 2.37. The molecule has 0 spiro atoms. The van der Waals surface area contributed by atoms with Gasteiger partial charge in [-0.05, 0) is 50.4 Å². The Hall–Kier alpha value is 0.160. The van der Waals surface area contributed by atoms with Crippen molar-refractivity contribution in [3.63, 3.8) is 0 Å². The SMILES string of the molecule is ClCCCCSc1nsnc1C1CN2CCC1CC2. The van der Waals surface area contributed by atoms with Crippen LogP contribution in [0.3, 0.4) is 0 Å². The predicted molar refractivity (Wildman–Crippen MR) is 82.5 cm³/mol. The number of piperidine rings is 3. The van der Waals surface area contributed by atoms with Gasteiger partial charge in [0.05, 0.1) is 17.4 Å². The van der Waals surface area contributed by atoms with E-state index in [1.165, 1.54) is 61.3 Å². The van der Waals surface area contributed by atoms with E-state index in [2.05, 4.69) is 13.6 Å². The van der Waals surface area contributed by atoms with Crippen LogP contribution in [0.4, 0.5) is 0 Å². The number of hydrogen-bond donors (Lipinski definition) is 0. The highest BCUT2D eigenvalue weighted by molar-refractivity contribution is 7.99. The van der Waals surface area contributed by atoms with Gasteiger partial charge in [0.2, 0.25) is 0 Å². The van der Waals surface area contributed by atoms with Gasteiger partial charge < -0.3 is 4.90 Å². The monoisotopic (exact) mass is 317 g/mol. The number of unbranched alkanes of at least 4 members (excludes halogenated alkanes) is 1. The Balaban J connectivity index is 1.63. The molecule has 3 aliphatic rings. The fourth-order valence-electron chi connectivity index (χ4n) is 3.15. The Morgan fingerprint density at radius 2 is 2.11 bits per heavy atom. The van der Waals surface area contributed by atoms with E-state index in [1.54, 1.807) is 0 Å². The van der Waals surface area contributed by atoms with Gasteiger partial charge in [0, 0.05) is 18.3 Å². The summed E-state index contributed by atoms with van der Waals surface area (Å²) in [6.45, 7) is 3.78. The molecule has 19 heavy (non-hydrogen) atoms. The van der Waals surface area contributed by atoms with Crippen molar-refractivity contribution in [1.29, 1.82) is 0 Å². The van der Waals surface area contributed by atoms with Crippen molar-refractivity contribution in [2.45, 2.75) is 36.6 Å². The minimum absolute atomic E-state index is 0.636. The Morgan fingerprint density at radius 3 is 2.79 bits per heavy atom. The lowest BCUT2D eigenvalue weighted by Gasteiger charge is -2.44. The van der Waals surface area contributed by atoms with Gasteiger partial charge in [0.25, 0.3) is 0 Å². The summed E-state index contributed by atoms with van der Waals surface area (Å²) in [7, 11) is 0. The Bertz CT molecular complexity index is 404. The number of aromatic nitrogens is 2. The maximum Gasteiger partial charge on any atom is 0.134 e. The highest BCUT2D eigenvalue weighted by Crippen LogP contribution is 2.41. The summed E-state index contributed by atoms with van der Waals surface area (Å²) in [5, 5.41) is 1.19. The van der Waals surface area contributed by atoms with Crippen molar-refractivity contribution >= 4 is 35.1 Å². The lowest BCUT2D eigenvalue weighted by Crippen LogP contribution is -2.46. The van der Waals surface area contributed by atoms with Crippen LogP contribution in [0.15, 0.2) is 5.03 Å². The fourth-order valence-corrected chi connectivity index (χ4v) is 5.12. The number of alkyl halides is 1. The summed E-state index contributed by atoms with van der Waals surface area (Å²) in [4.78, 5) is 2.59. The van der Waals surface area contributed by atoms with Crippen LogP contribution in [0, 0.1) is 5.92 Å². The smallest absolute Gasteiger partial charge is 0.134 e. The minimum atomic E-state index is 0.636. The maximum atomic E-state index is 5.72. The molecule has 3 aliphatic heterocycles. The molecule has 6 heteroatoms. The third-order valence-electron chi connectivity index (χ3n) is 4.26. The van der Waals surface area contributed by atoms with Gasteiger partial charge in [-0.15, -0.1) is 23.4 Å². The molecule has 0 radical (unpaired) electrons. The van der Waals surface area contributed by atoms with Crippen molar-refractivity contribution in [3.05, 3.63) is 5.69 Å². The second-order valence-electron chi connectivity index (χ2n) is 5.44. The molecule has 3 nitrogen and oxygen atoms in total. The van der Waals surface area contributed by atoms with Crippen LogP contribution in [0.5, 0.6) is 0 Å². The number of hydrogen-bond acceptors (Lipinski definition) is 5. The van der Waals surface area contributed by atoms with Gasteiger partial charge in [-0.2, -0.15) is 8.75 Å². The second kappa shape index (κ2) is 6.74. The van der Waals surface area contributed by atoms with Crippen molar-refractivity contribution in [2.24, 2.45) is 5.92 Å².